The van der Waals surface area contributed by atoms with Crippen molar-refractivity contribution in [2.75, 3.05) is 0 Å². The van der Waals surface area contributed by atoms with Gasteiger partial charge < -0.3 is 9.47 Å². The lowest BCUT2D eigenvalue weighted by atomic mass is 10.3. The molecule has 2 saturated carbocycles. The van der Waals surface area contributed by atoms with Gasteiger partial charge in [0.05, 0.1) is 11.8 Å². The monoisotopic (exact) mass is 246 g/mol. The molecule has 94 valence electrons. The maximum absolute atomic E-state index is 11.5. The molecule has 0 heterocycles. The van der Waals surface area contributed by atoms with E-state index in [1.54, 1.807) is 24.3 Å². The van der Waals surface area contributed by atoms with Crippen LogP contribution in [0.2, 0.25) is 0 Å². The Bertz CT molecular complexity index is 445. The van der Waals surface area contributed by atoms with Crippen LogP contribution >= 0.6 is 0 Å². The number of benzene rings is 1. The third-order valence-electron chi connectivity index (χ3n) is 3.06. The Hall–Kier alpha value is -1.84. The van der Waals surface area contributed by atoms with Gasteiger partial charge in [0.25, 0.3) is 0 Å². The van der Waals surface area contributed by atoms with Crippen molar-refractivity contribution in [3.63, 3.8) is 0 Å². The Morgan fingerprint density at radius 2 is 1.33 bits per heavy atom. The predicted molar refractivity (Wildman–Crippen MR) is 63.2 cm³/mol. The van der Waals surface area contributed by atoms with Crippen molar-refractivity contribution in [2.24, 2.45) is 11.8 Å². The van der Waals surface area contributed by atoms with Crippen LogP contribution in [0.15, 0.2) is 24.3 Å². The van der Waals surface area contributed by atoms with E-state index in [-0.39, 0.29) is 23.8 Å². The number of ether oxygens (including phenoxy) is 2. The third kappa shape index (κ3) is 2.70. The molecule has 0 radical (unpaired) electrons. The summed E-state index contributed by atoms with van der Waals surface area (Å²) in [6, 6.07) is 6.68. The normalized spacial score (nSPS) is 18.2. The lowest BCUT2D eigenvalue weighted by Crippen LogP contribution is -2.11. The van der Waals surface area contributed by atoms with Gasteiger partial charge in [0.2, 0.25) is 0 Å². The van der Waals surface area contributed by atoms with E-state index in [2.05, 4.69) is 0 Å². The van der Waals surface area contributed by atoms with Crippen molar-refractivity contribution in [3.8, 4) is 11.5 Å². The molecule has 0 atom stereocenters. The maximum atomic E-state index is 11.5. The highest BCUT2D eigenvalue weighted by Gasteiger charge is 2.32. The van der Waals surface area contributed by atoms with Crippen molar-refractivity contribution in [1.82, 2.24) is 0 Å². The zero-order valence-electron chi connectivity index (χ0n) is 9.93. The number of hydrogen-bond acceptors (Lipinski definition) is 4. The number of hydrogen-bond donors (Lipinski definition) is 0. The lowest BCUT2D eigenvalue weighted by molar-refractivity contribution is -0.136. The van der Waals surface area contributed by atoms with Crippen LogP contribution in [-0.2, 0) is 9.59 Å². The highest BCUT2D eigenvalue weighted by atomic mass is 16.5. The molecule has 0 amide bonds. The predicted octanol–water partition coefficient (Wildman–Crippen LogP) is 2.32. The van der Waals surface area contributed by atoms with Crippen LogP contribution in [0.5, 0.6) is 11.5 Å². The Kier molecular flexibility index (Phi) is 2.78. The molecule has 0 saturated heterocycles. The van der Waals surface area contributed by atoms with E-state index in [0.29, 0.717) is 11.5 Å². The molecule has 0 bridgehead atoms. The van der Waals surface area contributed by atoms with Crippen molar-refractivity contribution in [2.45, 2.75) is 25.7 Å². The van der Waals surface area contributed by atoms with Gasteiger partial charge in [-0.15, -0.1) is 0 Å². The first-order valence-electron chi connectivity index (χ1n) is 6.26. The van der Waals surface area contributed by atoms with Gasteiger partial charge in [0.15, 0.2) is 0 Å². The maximum Gasteiger partial charge on any atom is 0.314 e. The minimum absolute atomic E-state index is 0.0580. The second kappa shape index (κ2) is 4.44. The number of rotatable bonds is 4. The fourth-order valence-corrected chi connectivity index (χ4v) is 1.64. The highest BCUT2D eigenvalue weighted by Crippen LogP contribution is 2.33. The molecular formula is C14H14O4. The minimum atomic E-state index is -0.194. The van der Waals surface area contributed by atoms with Crippen LogP contribution in [-0.4, -0.2) is 11.9 Å². The molecule has 18 heavy (non-hydrogen) atoms. The van der Waals surface area contributed by atoms with Crippen LogP contribution < -0.4 is 9.47 Å². The van der Waals surface area contributed by atoms with Gasteiger partial charge in [-0.2, -0.15) is 0 Å². The van der Waals surface area contributed by atoms with Crippen LogP contribution in [0, 0.1) is 11.8 Å². The third-order valence-corrected chi connectivity index (χ3v) is 3.06. The standard InChI is InChI=1S/C14H14O4/c15-13(9-4-5-9)17-11-2-1-3-12(8-11)18-14(16)10-6-7-10/h1-3,8-10H,4-7H2. The summed E-state index contributed by atoms with van der Waals surface area (Å²) in [6.07, 6.45) is 3.65. The number of carbonyl (C=O) groups is 2. The molecule has 3 rings (SSSR count). The molecule has 4 heteroatoms. The quantitative estimate of drug-likeness (QED) is 0.604. The topological polar surface area (TPSA) is 52.6 Å². The Morgan fingerprint density at radius 3 is 1.72 bits per heavy atom. The molecule has 0 unspecified atom stereocenters. The second-order valence-electron chi connectivity index (χ2n) is 4.87. The molecule has 2 aliphatic rings. The fraction of sp³-hybridized carbons (Fsp3) is 0.429. The molecule has 0 aromatic heterocycles. The first-order valence-corrected chi connectivity index (χ1v) is 6.26. The highest BCUT2D eigenvalue weighted by molar-refractivity contribution is 5.78. The summed E-state index contributed by atoms with van der Waals surface area (Å²) in [4.78, 5) is 23.0. The molecule has 0 spiro atoms. The molecule has 2 aliphatic carbocycles. The number of esters is 2. The van der Waals surface area contributed by atoms with E-state index in [4.69, 9.17) is 9.47 Å². The zero-order chi connectivity index (χ0) is 12.5. The van der Waals surface area contributed by atoms with Gasteiger partial charge in [-0.25, -0.2) is 0 Å². The first-order chi connectivity index (χ1) is 8.72. The Balaban J connectivity index is 1.63. The van der Waals surface area contributed by atoms with E-state index < -0.39 is 0 Å². The van der Waals surface area contributed by atoms with Crippen LogP contribution in [0.25, 0.3) is 0 Å². The zero-order valence-corrected chi connectivity index (χ0v) is 9.93. The van der Waals surface area contributed by atoms with Crippen LogP contribution in [0.4, 0.5) is 0 Å². The second-order valence-corrected chi connectivity index (χ2v) is 4.87. The SMILES string of the molecule is O=C(Oc1cccc(OC(=O)C2CC2)c1)C1CC1. The van der Waals surface area contributed by atoms with Gasteiger partial charge in [-0.1, -0.05) is 6.07 Å². The van der Waals surface area contributed by atoms with E-state index in [9.17, 15) is 9.59 Å². The van der Waals surface area contributed by atoms with E-state index in [0.717, 1.165) is 25.7 Å². The van der Waals surface area contributed by atoms with E-state index >= 15 is 0 Å². The minimum Gasteiger partial charge on any atom is -0.426 e. The van der Waals surface area contributed by atoms with Crippen molar-refractivity contribution >= 4 is 11.9 Å². The van der Waals surface area contributed by atoms with Gasteiger partial charge in [-0.05, 0) is 37.8 Å². The summed E-state index contributed by atoms with van der Waals surface area (Å²) in [5, 5.41) is 0. The van der Waals surface area contributed by atoms with E-state index in [1.165, 1.54) is 0 Å². The molecular weight excluding hydrogens is 232 g/mol. The summed E-state index contributed by atoms with van der Waals surface area (Å²) >= 11 is 0. The molecule has 4 nitrogen and oxygen atoms in total. The van der Waals surface area contributed by atoms with Crippen LogP contribution in [0.3, 0.4) is 0 Å². The smallest absolute Gasteiger partial charge is 0.314 e. The largest absolute Gasteiger partial charge is 0.426 e. The lowest BCUT2D eigenvalue weighted by Gasteiger charge is -2.06. The van der Waals surface area contributed by atoms with Gasteiger partial charge in [0, 0.05) is 6.07 Å². The first kappa shape index (κ1) is 11.3. The molecule has 2 fully saturated rings. The van der Waals surface area contributed by atoms with Crippen LogP contribution in [0.1, 0.15) is 25.7 Å². The van der Waals surface area contributed by atoms with Gasteiger partial charge in [0.1, 0.15) is 11.5 Å². The average molecular weight is 246 g/mol. The molecule has 1 aromatic carbocycles. The van der Waals surface area contributed by atoms with Crippen molar-refractivity contribution < 1.29 is 19.1 Å². The Labute approximate surface area is 105 Å². The molecule has 0 aliphatic heterocycles. The number of carbonyl (C=O) groups excluding carboxylic acids is 2. The summed E-state index contributed by atoms with van der Waals surface area (Å²) in [5.74, 6) is 0.604. The van der Waals surface area contributed by atoms with Gasteiger partial charge in [-0.3, -0.25) is 9.59 Å². The summed E-state index contributed by atoms with van der Waals surface area (Å²) < 4.78 is 10.4. The summed E-state index contributed by atoms with van der Waals surface area (Å²) in [5.41, 5.74) is 0. The average Bonchev–Trinajstić information content (AvgIpc) is 3.19. The Morgan fingerprint density at radius 1 is 0.889 bits per heavy atom. The summed E-state index contributed by atoms with van der Waals surface area (Å²) in [6.45, 7) is 0. The van der Waals surface area contributed by atoms with E-state index in [1.807, 2.05) is 0 Å². The fourth-order valence-electron chi connectivity index (χ4n) is 1.64. The summed E-state index contributed by atoms with van der Waals surface area (Å²) in [7, 11) is 0. The van der Waals surface area contributed by atoms with Crippen molar-refractivity contribution in [1.29, 1.82) is 0 Å². The van der Waals surface area contributed by atoms with Gasteiger partial charge >= 0.3 is 11.9 Å². The molecule has 0 N–H and O–H groups in total. The van der Waals surface area contributed by atoms with Crippen molar-refractivity contribution in [3.05, 3.63) is 24.3 Å². The molecule has 1 aromatic rings.